The summed E-state index contributed by atoms with van der Waals surface area (Å²) in [4.78, 5) is 19.7. The molecule has 0 unspecified atom stereocenters. The van der Waals surface area contributed by atoms with Gasteiger partial charge in [0.1, 0.15) is 10.4 Å². The van der Waals surface area contributed by atoms with E-state index in [1.807, 2.05) is 0 Å². The van der Waals surface area contributed by atoms with E-state index in [1.165, 1.54) is 4.68 Å². The minimum atomic E-state index is -0.228. The number of nitrogens with zero attached hydrogens (tertiary/aromatic N) is 4. The average molecular weight is 296 g/mol. The number of carbonyl (C=O) groups excluding carboxylic acids is 1. The van der Waals surface area contributed by atoms with Crippen molar-refractivity contribution in [3.8, 4) is 5.82 Å². The summed E-state index contributed by atoms with van der Waals surface area (Å²) < 4.78 is 2.21. The lowest BCUT2D eigenvalue weighted by Gasteiger charge is -2.02. The van der Waals surface area contributed by atoms with Gasteiger partial charge in [-0.05, 0) is 28.9 Å². The summed E-state index contributed by atoms with van der Waals surface area (Å²) in [6.45, 7) is 1.79. The highest BCUT2D eigenvalue weighted by molar-refractivity contribution is 9.10. The number of carbonyl (C=O) groups is 1. The molecule has 1 amide bonds. The molecule has 7 heteroatoms. The third kappa shape index (κ3) is 2.50. The van der Waals surface area contributed by atoms with Crippen molar-refractivity contribution < 1.29 is 4.79 Å². The number of hydrogen-bond donors (Lipinski definition) is 1. The van der Waals surface area contributed by atoms with Crippen molar-refractivity contribution in [2.45, 2.75) is 6.92 Å². The third-order valence-corrected chi connectivity index (χ3v) is 2.48. The lowest BCUT2D eigenvalue weighted by Crippen LogP contribution is -2.18. The van der Waals surface area contributed by atoms with Gasteiger partial charge < -0.3 is 5.32 Å². The summed E-state index contributed by atoms with van der Waals surface area (Å²) in [5, 5.41) is 6.64. The van der Waals surface area contributed by atoms with Gasteiger partial charge in [0.05, 0.1) is 0 Å². The van der Waals surface area contributed by atoms with Crippen molar-refractivity contribution in [3.63, 3.8) is 0 Å². The summed E-state index contributed by atoms with van der Waals surface area (Å²) >= 11 is 3.29. The molecule has 2 aromatic heterocycles. The van der Waals surface area contributed by atoms with Gasteiger partial charge in [0.15, 0.2) is 11.5 Å². The molecule has 88 valence electrons. The Bertz CT molecular complexity index is 545. The van der Waals surface area contributed by atoms with Gasteiger partial charge in [-0.1, -0.05) is 0 Å². The van der Waals surface area contributed by atoms with Gasteiger partial charge in [0.2, 0.25) is 0 Å². The number of amides is 1. The van der Waals surface area contributed by atoms with Crippen molar-refractivity contribution in [2.24, 2.45) is 0 Å². The number of nitrogens with one attached hydrogen (secondary N) is 1. The molecule has 2 aromatic rings. The fourth-order valence-corrected chi connectivity index (χ4v) is 1.80. The summed E-state index contributed by atoms with van der Waals surface area (Å²) in [7, 11) is 1.56. The zero-order valence-corrected chi connectivity index (χ0v) is 10.9. The van der Waals surface area contributed by atoms with Crippen LogP contribution in [-0.2, 0) is 0 Å². The van der Waals surface area contributed by atoms with Gasteiger partial charge in [-0.25, -0.2) is 14.6 Å². The Kier molecular flexibility index (Phi) is 3.19. The molecule has 2 rings (SSSR count). The number of rotatable bonds is 2. The molecule has 0 aliphatic carbocycles. The maximum Gasteiger partial charge on any atom is 0.271 e. The Balaban J connectivity index is 2.40. The lowest BCUT2D eigenvalue weighted by molar-refractivity contribution is 0.0957. The molecule has 0 aromatic carbocycles. The molecule has 0 aliphatic heterocycles. The van der Waals surface area contributed by atoms with Crippen LogP contribution in [0.1, 0.15) is 16.3 Å². The van der Waals surface area contributed by atoms with Crippen LogP contribution in [0.2, 0.25) is 0 Å². The van der Waals surface area contributed by atoms with E-state index >= 15 is 0 Å². The molecule has 0 spiro atoms. The Hall–Kier alpha value is -1.76. The minimum Gasteiger partial charge on any atom is -0.354 e. The highest BCUT2D eigenvalue weighted by Crippen LogP contribution is 2.11. The molecule has 0 bridgehead atoms. The molecule has 6 nitrogen and oxygen atoms in total. The van der Waals surface area contributed by atoms with Crippen molar-refractivity contribution in [1.82, 2.24) is 25.1 Å². The van der Waals surface area contributed by atoms with Crippen LogP contribution >= 0.6 is 15.9 Å². The van der Waals surface area contributed by atoms with Crippen molar-refractivity contribution in [1.29, 1.82) is 0 Å². The SMILES string of the molecule is CNC(=O)c1ccn(-c2cc(Br)nc(C)n2)n1. The van der Waals surface area contributed by atoms with Crippen LogP contribution < -0.4 is 5.32 Å². The van der Waals surface area contributed by atoms with E-state index in [0.717, 1.165) is 0 Å². The van der Waals surface area contributed by atoms with Crippen LogP contribution in [-0.4, -0.2) is 32.7 Å². The maximum absolute atomic E-state index is 11.4. The predicted octanol–water partition coefficient (Wildman–Crippen LogP) is 1.09. The first-order valence-electron chi connectivity index (χ1n) is 4.89. The topological polar surface area (TPSA) is 72.7 Å². The quantitative estimate of drug-likeness (QED) is 0.842. The van der Waals surface area contributed by atoms with Crippen molar-refractivity contribution in [2.75, 3.05) is 7.05 Å². The molecule has 0 aliphatic rings. The molecule has 0 saturated heterocycles. The van der Waals surface area contributed by atoms with Gasteiger partial charge in [-0.15, -0.1) is 0 Å². The number of aromatic nitrogens is 4. The van der Waals surface area contributed by atoms with Crippen LogP contribution in [0.25, 0.3) is 5.82 Å². The molecule has 0 saturated carbocycles. The second kappa shape index (κ2) is 4.62. The first-order chi connectivity index (χ1) is 8.10. The Morgan fingerprint density at radius 1 is 1.47 bits per heavy atom. The van der Waals surface area contributed by atoms with E-state index in [4.69, 9.17) is 0 Å². The Morgan fingerprint density at radius 2 is 2.24 bits per heavy atom. The van der Waals surface area contributed by atoms with Crippen LogP contribution in [0.4, 0.5) is 0 Å². The average Bonchev–Trinajstić information content (AvgIpc) is 2.76. The van der Waals surface area contributed by atoms with E-state index in [1.54, 1.807) is 32.3 Å². The molecule has 0 atom stereocenters. The molecule has 17 heavy (non-hydrogen) atoms. The number of halogens is 1. The van der Waals surface area contributed by atoms with E-state index in [-0.39, 0.29) is 5.91 Å². The number of aryl methyl sites for hydroxylation is 1. The third-order valence-electron chi connectivity index (χ3n) is 2.08. The first kappa shape index (κ1) is 11.7. The Morgan fingerprint density at radius 3 is 2.88 bits per heavy atom. The van der Waals surface area contributed by atoms with Gasteiger partial charge in [-0.3, -0.25) is 4.79 Å². The van der Waals surface area contributed by atoms with Crippen LogP contribution in [0.15, 0.2) is 22.9 Å². The Labute approximate surface area is 106 Å². The lowest BCUT2D eigenvalue weighted by atomic mass is 10.4. The van der Waals surface area contributed by atoms with E-state index < -0.39 is 0 Å². The minimum absolute atomic E-state index is 0.228. The van der Waals surface area contributed by atoms with Crippen LogP contribution in [0, 0.1) is 6.92 Å². The second-order valence-electron chi connectivity index (χ2n) is 3.32. The fourth-order valence-electron chi connectivity index (χ4n) is 1.33. The molecule has 0 fully saturated rings. The molecule has 2 heterocycles. The smallest absolute Gasteiger partial charge is 0.271 e. The van der Waals surface area contributed by atoms with Gasteiger partial charge in [0.25, 0.3) is 5.91 Å². The second-order valence-corrected chi connectivity index (χ2v) is 4.13. The monoisotopic (exact) mass is 295 g/mol. The number of hydrogen-bond acceptors (Lipinski definition) is 4. The summed E-state index contributed by atoms with van der Waals surface area (Å²) in [6, 6.07) is 3.36. The van der Waals surface area contributed by atoms with Gasteiger partial charge in [0, 0.05) is 19.3 Å². The zero-order valence-electron chi connectivity index (χ0n) is 9.31. The van der Waals surface area contributed by atoms with Crippen molar-refractivity contribution >= 4 is 21.8 Å². The summed E-state index contributed by atoms with van der Waals surface area (Å²) in [5.74, 6) is 1.01. The first-order valence-corrected chi connectivity index (χ1v) is 5.69. The van der Waals surface area contributed by atoms with Crippen LogP contribution in [0.5, 0.6) is 0 Å². The van der Waals surface area contributed by atoms with E-state index in [0.29, 0.717) is 21.9 Å². The predicted molar refractivity (Wildman–Crippen MR) is 65.0 cm³/mol. The highest BCUT2D eigenvalue weighted by Gasteiger charge is 2.09. The normalized spacial score (nSPS) is 10.3. The standard InChI is InChI=1S/C10H10BrN5O/c1-6-13-8(11)5-9(14-6)16-4-3-7(15-16)10(17)12-2/h3-5H,1-2H3,(H,12,17). The van der Waals surface area contributed by atoms with Gasteiger partial charge >= 0.3 is 0 Å². The fraction of sp³-hybridized carbons (Fsp3) is 0.200. The molecular weight excluding hydrogens is 286 g/mol. The molecule has 1 N–H and O–H groups in total. The van der Waals surface area contributed by atoms with Crippen molar-refractivity contribution in [3.05, 3.63) is 34.5 Å². The van der Waals surface area contributed by atoms with Crippen LogP contribution in [0.3, 0.4) is 0 Å². The van der Waals surface area contributed by atoms with E-state index in [9.17, 15) is 4.79 Å². The maximum atomic E-state index is 11.4. The summed E-state index contributed by atoms with van der Waals surface area (Å²) in [5.41, 5.74) is 0.347. The zero-order chi connectivity index (χ0) is 12.4. The van der Waals surface area contributed by atoms with Gasteiger partial charge in [-0.2, -0.15) is 5.10 Å². The largest absolute Gasteiger partial charge is 0.354 e. The molecule has 0 radical (unpaired) electrons. The molecular formula is C10H10BrN5O. The highest BCUT2D eigenvalue weighted by atomic mass is 79.9. The van der Waals surface area contributed by atoms with E-state index in [2.05, 4.69) is 36.3 Å². The summed E-state index contributed by atoms with van der Waals surface area (Å²) in [6.07, 6.45) is 1.68.